The molecule has 3 atom stereocenters. The van der Waals surface area contributed by atoms with E-state index in [1.807, 2.05) is 4.90 Å². The number of nitrogens with zero attached hydrogens (tertiary/aromatic N) is 4. The molecule has 0 radical (unpaired) electrons. The number of para-hydroxylation sites is 1. The van der Waals surface area contributed by atoms with Gasteiger partial charge in [0.05, 0.1) is 6.10 Å². The fraction of sp³-hybridized carbons (Fsp3) is 0.615. The summed E-state index contributed by atoms with van der Waals surface area (Å²) >= 11 is 0. The first-order valence-electron chi connectivity index (χ1n) is 12.6. The minimum absolute atomic E-state index is 0.105. The number of aryl methyl sites for hydroxylation is 1. The van der Waals surface area contributed by atoms with Crippen LogP contribution < -0.4 is 5.32 Å². The summed E-state index contributed by atoms with van der Waals surface area (Å²) in [4.78, 5) is 32.5. The molecule has 3 fully saturated rings. The predicted molar refractivity (Wildman–Crippen MR) is 131 cm³/mol. The minimum Gasteiger partial charge on any atom is -0.393 e. The number of carbonyl (C=O) groups excluding carboxylic acids is 2. The normalized spacial score (nSPS) is 27.1. The predicted octanol–water partition coefficient (Wildman–Crippen LogP) is 1.31. The van der Waals surface area contributed by atoms with Gasteiger partial charge in [-0.25, -0.2) is 0 Å². The van der Waals surface area contributed by atoms with Crippen molar-refractivity contribution in [1.29, 1.82) is 0 Å². The van der Waals surface area contributed by atoms with Crippen LogP contribution in [-0.4, -0.2) is 93.6 Å². The molecule has 1 aromatic heterocycles. The van der Waals surface area contributed by atoms with Crippen LogP contribution in [-0.2, 0) is 23.2 Å². The summed E-state index contributed by atoms with van der Waals surface area (Å²) in [5.41, 5.74) is 2.47. The Hall–Kier alpha value is -2.42. The molecule has 4 heterocycles. The molecule has 3 saturated heterocycles. The van der Waals surface area contributed by atoms with E-state index in [1.54, 1.807) is 0 Å². The summed E-state index contributed by atoms with van der Waals surface area (Å²) in [5.74, 6) is 0.268. The van der Waals surface area contributed by atoms with Gasteiger partial charge in [0.1, 0.15) is 6.04 Å². The highest BCUT2D eigenvalue weighted by molar-refractivity contribution is 5.85. The average Bonchev–Trinajstić information content (AvgIpc) is 3.37. The first-order chi connectivity index (χ1) is 16.4. The molecular weight excluding hydrogens is 430 g/mol. The van der Waals surface area contributed by atoms with Gasteiger partial charge in [-0.1, -0.05) is 18.2 Å². The minimum atomic E-state index is -0.275. The molecule has 8 nitrogen and oxygen atoms in total. The van der Waals surface area contributed by atoms with Crippen LogP contribution in [0.1, 0.15) is 37.7 Å². The topological polar surface area (TPSA) is 81.0 Å². The third-order valence-electron chi connectivity index (χ3n) is 8.21. The number of fused-ring (bicyclic) bond motifs is 2. The SMILES string of the molecule is CN1[C@@H](CCC(=O)N2CCC(O)CC2)CNC(=O)[C@@H]2[C@H]1CCN2Cc1cn(C)c2ccccc12. The van der Waals surface area contributed by atoms with Gasteiger partial charge in [0.2, 0.25) is 11.8 Å². The highest BCUT2D eigenvalue weighted by Gasteiger charge is 2.45. The Morgan fingerprint density at radius 3 is 2.68 bits per heavy atom. The lowest BCUT2D eigenvalue weighted by Crippen LogP contribution is -2.49. The number of aromatic nitrogens is 1. The molecule has 0 spiro atoms. The van der Waals surface area contributed by atoms with Crippen molar-refractivity contribution in [2.24, 2.45) is 7.05 Å². The maximum atomic E-state index is 13.2. The molecule has 2 N–H and O–H groups in total. The number of piperidine rings is 1. The first-order valence-corrected chi connectivity index (χ1v) is 12.6. The second-order valence-electron chi connectivity index (χ2n) is 10.3. The summed E-state index contributed by atoms with van der Waals surface area (Å²) in [6, 6.07) is 8.56. The molecule has 0 unspecified atom stereocenters. The van der Waals surface area contributed by atoms with Gasteiger partial charge in [-0.05, 0) is 44.4 Å². The largest absolute Gasteiger partial charge is 0.393 e. The van der Waals surface area contributed by atoms with E-state index in [9.17, 15) is 14.7 Å². The van der Waals surface area contributed by atoms with Gasteiger partial charge in [-0.15, -0.1) is 0 Å². The molecule has 2 aromatic rings. The van der Waals surface area contributed by atoms with Crippen molar-refractivity contribution in [2.75, 3.05) is 33.2 Å². The Morgan fingerprint density at radius 2 is 1.88 bits per heavy atom. The van der Waals surface area contributed by atoms with Gasteiger partial charge in [0.25, 0.3) is 0 Å². The van der Waals surface area contributed by atoms with Crippen molar-refractivity contribution >= 4 is 22.7 Å². The van der Waals surface area contributed by atoms with Crippen molar-refractivity contribution in [3.63, 3.8) is 0 Å². The van der Waals surface area contributed by atoms with E-state index in [4.69, 9.17) is 0 Å². The lowest BCUT2D eigenvalue weighted by atomic mass is 10.0. The third kappa shape index (κ3) is 4.46. The van der Waals surface area contributed by atoms with E-state index in [2.05, 4.69) is 64.2 Å². The van der Waals surface area contributed by atoms with Crippen LogP contribution >= 0.6 is 0 Å². The Bertz CT molecular complexity index is 1040. The van der Waals surface area contributed by atoms with Crippen LogP contribution in [0.25, 0.3) is 10.9 Å². The summed E-state index contributed by atoms with van der Waals surface area (Å²) in [6.07, 6.45) is 5.42. The zero-order chi connectivity index (χ0) is 23.8. The van der Waals surface area contributed by atoms with Crippen molar-refractivity contribution in [3.05, 3.63) is 36.0 Å². The van der Waals surface area contributed by atoms with E-state index in [1.165, 1.54) is 16.5 Å². The van der Waals surface area contributed by atoms with Gasteiger partial charge < -0.3 is 19.9 Å². The van der Waals surface area contributed by atoms with Crippen LogP contribution in [0, 0.1) is 0 Å². The molecule has 0 saturated carbocycles. The highest BCUT2D eigenvalue weighted by Crippen LogP contribution is 2.30. The lowest BCUT2D eigenvalue weighted by molar-refractivity contribution is -0.133. The van der Waals surface area contributed by atoms with E-state index in [0.29, 0.717) is 38.9 Å². The van der Waals surface area contributed by atoms with E-state index < -0.39 is 0 Å². The molecule has 34 heavy (non-hydrogen) atoms. The number of likely N-dealkylation sites (tertiary alicyclic amines) is 2. The van der Waals surface area contributed by atoms with Gasteiger partial charge in [-0.3, -0.25) is 19.4 Å². The maximum Gasteiger partial charge on any atom is 0.239 e. The monoisotopic (exact) mass is 467 g/mol. The smallest absolute Gasteiger partial charge is 0.239 e. The molecule has 0 aliphatic carbocycles. The standard InChI is InChI=1S/C26H37N5O3/c1-28-16-18(21-5-3-4-6-22(21)28)17-31-14-11-23-25(31)26(34)27-15-19(29(23)2)7-8-24(33)30-12-9-20(32)10-13-30/h3-6,16,19-20,23,25,32H,7-15,17H2,1-2H3,(H,27,34)/t19-,23+,25-/m0/s1. The fourth-order valence-corrected chi connectivity index (χ4v) is 6.16. The number of benzene rings is 1. The van der Waals surface area contributed by atoms with Crippen molar-refractivity contribution in [3.8, 4) is 0 Å². The molecule has 1 aromatic carbocycles. The average molecular weight is 468 g/mol. The number of rotatable bonds is 5. The van der Waals surface area contributed by atoms with Gasteiger partial charge in [-0.2, -0.15) is 0 Å². The number of amides is 2. The molecule has 2 amide bonds. The first kappa shape index (κ1) is 23.3. The Kier molecular flexibility index (Phi) is 6.64. The van der Waals surface area contributed by atoms with E-state index in [-0.39, 0.29) is 36.0 Å². The lowest BCUT2D eigenvalue weighted by Gasteiger charge is -2.34. The summed E-state index contributed by atoms with van der Waals surface area (Å²) in [7, 11) is 4.19. The molecule has 0 bridgehead atoms. The van der Waals surface area contributed by atoms with Crippen LogP contribution in [0.3, 0.4) is 0 Å². The quantitative estimate of drug-likeness (QED) is 0.693. The Morgan fingerprint density at radius 1 is 1.12 bits per heavy atom. The molecule has 8 heteroatoms. The second kappa shape index (κ2) is 9.68. The van der Waals surface area contributed by atoms with Crippen molar-refractivity contribution < 1.29 is 14.7 Å². The molecular formula is C26H37N5O3. The molecule has 184 valence electrons. The molecule has 5 rings (SSSR count). The van der Waals surface area contributed by atoms with Crippen molar-refractivity contribution in [1.82, 2.24) is 24.6 Å². The number of likely N-dealkylation sites (N-methyl/N-ethyl adjacent to an activating group) is 1. The van der Waals surface area contributed by atoms with Crippen LogP contribution in [0.4, 0.5) is 0 Å². The Labute approximate surface area is 201 Å². The Balaban J connectivity index is 1.24. The summed E-state index contributed by atoms with van der Waals surface area (Å²) in [6.45, 7) is 3.51. The van der Waals surface area contributed by atoms with Crippen molar-refractivity contribution in [2.45, 2.75) is 62.9 Å². The number of aliphatic hydroxyl groups excluding tert-OH is 1. The number of nitrogens with one attached hydrogen (secondary N) is 1. The summed E-state index contributed by atoms with van der Waals surface area (Å²) in [5, 5.41) is 14.1. The van der Waals surface area contributed by atoms with E-state index >= 15 is 0 Å². The zero-order valence-corrected chi connectivity index (χ0v) is 20.3. The number of aliphatic hydroxyl groups is 1. The van der Waals surface area contributed by atoms with Gasteiger partial charge in [0, 0.05) is 75.4 Å². The van der Waals surface area contributed by atoms with E-state index in [0.717, 1.165) is 25.9 Å². The fourth-order valence-electron chi connectivity index (χ4n) is 6.16. The second-order valence-corrected chi connectivity index (χ2v) is 10.3. The number of hydrogen-bond acceptors (Lipinski definition) is 5. The van der Waals surface area contributed by atoms with Crippen LogP contribution in [0.2, 0.25) is 0 Å². The highest BCUT2D eigenvalue weighted by atomic mass is 16.3. The van der Waals surface area contributed by atoms with Crippen LogP contribution in [0.5, 0.6) is 0 Å². The maximum absolute atomic E-state index is 13.2. The number of hydrogen-bond donors (Lipinski definition) is 2. The van der Waals surface area contributed by atoms with Gasteiger partial charge >= 0.3 is 0 Å². The van der Waals surface area contributed by atoms with Crippen LogP contribution in [0.15, 0.2) is 30.5 Å². The third-order valence-corrected chi connectivity index (χ3v) is 8.21. The van der Waals surface area contributed by atoms with Gasteiger partial charge in [0.15, 0.2) is 0 Å². The summed E-state index contributed by atoms with van der Waals surface area (Å²) < 4.78 is 2.16. The molecule has 3 aliphatic heterocycles. The molecule has 3 aliphatic rings. The zero-order valence-electron chi connectivity index (χ0n) is 20.3. The number of carbonyl (C=O) groups is 2.